The molecule has 1 aliphatic rings. The van der Waals surface area contributed by atoms with Crippen LogP contribution in [-0.4, -0.2) is 50.3 Å². The minimum atomic E-state index is -3.57. The van der Waals surface area contributed by atoms with Crippen LogP contribution in [0.2, 0.25) is 0 Å². The highest BCUT2D eigenvalue weighted by atomic mass is 19.3. The molecule has 1 saturated carbocycles. The Morgan fingerprint density at radius 1 is 1.15 bits per heavy atom. The fourth-order valence-corrected chi connectivity index (χ4v) is 1.33. The van der Waals surface area contributed by atoms with Crippen molar-refractivity contribution in [1.82, 2.24) is 0 Å². The van der Waals surface area contributed by atoms with E-state index in [4.69, 9.17) is 15.3 Å². The van der Waals surface area contributed by atoms with Gasteiger partial charge < -0.3 is 20.4 Å². The molecule has 0 radical (unpaired) electrons. The second-order valence-electron chi connectivity index (χ2n) is 3.60. The molecule has 0 bridgehead atoms. The maximum Gasteiger partial charge on any atom is 0.278 e. The van der Waals surface area contributed by atoms with Gasteiger partial charge in [-0.05, 0) is 6.92 Å². The quantitative estimate of drug-likeness (QED) is 0.396. The van der Waals surface area contributed by atoms with E-state index >= 15 is 0 Å². The van der Waals surface area contributed by atoms with Crippen molar-refractivity contribution in [3.05, 3.63) is 0 Å². The van der Waals surface area contributed by atoms with Crippen LogP contribution in [0.3, 0.4) is 0 Å². The topological polar surface area (TPSA) is 80.9 Å². The van der Waals surface area contributed by atoms with Crippen LogP contribution in [0.1, 0.15) is 13.3 Å². The van der Waals surface area contributed by atoms with Gasteiger partial charge in [0.2, 0.25) is 0 Å². The van der Waals surface area contributed by atoms with Crippen molar-refractivity contribution < 1.29 is 29.2 Å². The molecule has 1 fully saturated rings. The zero-order valence-corrected chi connectivity index (χ0v) is 6.98. The minimum absolute atomic E-state index is 1.00. The van der Waals surface area contributed by atoms with Crippen LogP contribution < -0.4 is 0 Å². The van der Waals surface area contributed by atoms with E-state index in [2.05, 4.69) is 0 Å². The maximum atomic E-state index is 12.8. The van der Waals surface area contributed by atoms with E-state index in [1.165, 1.54) is 0 Å². The Hall–Kier alpha value is -0.300. The Morgan fingerprint density at radius 2 is 1.62 bits per heavy atom. The van der Waals surface area contributed by atoms with E-state index in [1.54, 1.807) is 0 Å². The number of halogens is 2. The highest BCUT2D eigenvalue weighted by Gasteiger charge is 2.58. The van der Waals surface area contributed by atoms with Crippen LogP contribution in [0, 0.1) is 0 Å². The van der Waals surface area contributed by atoms with Crippen LogP contribution in [0.4, 0.5) is 8.78 Å². The predicted octanol–water partition coefficient (Wildman–Crippen LogP) is -1.14. The van der Waals surface area contributed by atoms with Crippen LogP contribution in [-0.2, 0) is 0 Å². The summed E-state index contributed by atoms with van der Waals surface area (Å²) in [5.74, 6) is -3.57. The molecule has 13 heavy (non-hydrogen) atoms. The number of hydrogen-bond acceptors (Lipinski definition) is 4. The Kier molecular flexibility index (Phi) is 2.36. The molecule has 0 aromatic carbocycles. The van der Waals surface area contributed by atoms with E-state index in [0.717, 1.165) is 6.92 Å². The molecular formula is C7H12F2O4. The van der Waals surface area contributed by atoms with Crippen LogP contribution in [0.25, 0.3) is 0 Å². The van der Waals surface area contributed by atoms with E-state index in [0.29, 0.717) is 0 Å². The third-order valence-electron chi connectivity index (χ3n) is 2.47. The first kappa shape index (κ1) is 10.8. The molecule has 0 heterocycles. The zero-order chi connectivity index (χ0) is 10.4. The zero-order valence-electron chi connectivity index (χ0n) is 6.98. The summed E-state index contributed by atoms with van der Waals surface area (Å²) in [6, 6.07) is 0. The average Bonchev–Trinajstić information content (AvgIpc) is 1.98. The Bertz CT molecular complexity index is 207. The Labute approximate surface area is 73.4 Å². The molecule has 0 aromatic heterocycles. The van der Waals surface area contributed by atoms with Crippen molar-refractivity contribution >= 4 is 0 Å². The summed E-state index contributed by atoms with van der Waals surface area (Å²) in [4.78, 5) is 0. The molecule has 0 aliphatic heterocycles. The molecule has 0 unspecified atom stereocenters. The Balaban J connectivity index is 2.93. The predicted molar refractivity (Wildman–Crippen MR) is 38.2 cm³/mol. The molecular weight excluding hydrogens is 186 g/mol. The van der Waals surface area contributed by atoms with Crippen molar-refractivity contribution in [2.75, 3.05) is 0 Å². The highest BCUT2D eigenvalue weighted by molar-refractivity contribution is 5.04. The maximum absolute atomic E-state index is 12.8. The lowest BCUT2D eigenvalue weighted by Crippen LogP contribution is -2.65. The van der Waals surface area contributed by atoms with Gasteiger partial charge in [0.15, 0.2) is 0 Å². The lowest BCUT2D eigenvalue weighted by atomic mass is 9.77. The number of aliphatic hydroxyl groups is 4. The summed E-state index contributed by atoms with van der Waals surface area (Å²) in [5.41, 5.74) is -2.10. The van der Waals surface area contributed by atoms with Crippen molar-refractivity contribution in [2.24, 2.45) is 0 Å². The first-order valence-corrected chi connectivity index (χ1v) is 3.84. The summed E-state index contributed by atoms with van der Waals surface area (Å²) < 4.78 is 25.5. The van der Waals surface area contributed by atoms with Gasteiger partial charge in [-0.25, -0.2) is 8.78 Å². The van der Waals surface area contributed by atoms with Crippen LogP contribution in [0.15, 0.2) is 0 Å². The van der Waals surface area contributed by atoms with E-state index < -0.39 is 36.3 Å². The summed E-state index contributed by atoms with van der Waals surface area (Å²) in [6.45, 7) is 1.00. The van der Waals surface area contributed by atoms with Gasteiger partial charge in [0.25, 0.3) is 5.92 Å². The highest BCUT2D eigenvalue weighted by Crippen LogP contribution is 2.38. The molecule has 1 aliphatic carbocycles. The summed E-state index contributed by atoms with van der Waals surface area (Å²) in [7, 11) is 0. The van der Waals surface area contributed by atoms with Gasteiger partial charge in [-0.2, -0.15) is 0 Å². The summed E-state index contributed by atoms with van der Waals surface area (Å²) in [6.07, 6.45) is -7.20. The Morgan fingerprint density at radius 3 is 2.08 bits per heavy atom. The van der Waals surface area contributed by atoms with Crippen LogP contribution in [0.5, 0.6) is 0 Å². The second-order valence-corrected chi connectivity index (χ2v) is 3.60. The van der Waals surface area contributed by atoms with Gasteiger partial charge in [-0.3, -0.25) is 0 Å². The molecule has 0 spiro atoms. The molecule has 0 aromatic rings. The summed E-state index contributed by atoms with van der Waals surface area (Å²) >= 11 is 0. The molecule has 78 valence electrons. The molecule has 4 N–H and O–H groups in total. The number of aliphatic hydroxyl groups excluding tert-OH is 3. The number of alkyl halides is 2. The van der Waals surface area contributed by atoms with E-state index in [-0.39, 0.29) is 0 Å². The smallest absolute Gasteiger partial charge is 0.278 e. The molecule has 4 atom stereocenters. The molecule has 1 rings (SSSR count). The van der Waals surface area contributed by atoms with Gasteiger partial charge in [-0.1, -0.05) is 0 Å². The number of hydrogen-bond donors (Lipinski definition) is 4. The number of rotatable bonds is 0. The van der Waals surface area contributed by atoms with Gasteiger partial charge in [-0.15, -0.1) is 0 Å². The molecule has 0 amide bonds. The monoisotopic (exact) mass is 198 g/mol. The van der Waals surface area contributed by atoms with Crippen molar-refractivity contribution in [3.8, 4) is 0 Å². The third kappa shape index (κ3) is 1.54. The fraction of sp³-hybridized carbons (Fsp3) is 1.00. The SMILES string of the molecule is C[C@@]1(O)[C@H](O)CC(F)(F)[C@@H](O)[C@H]1O. The van der Waals surface area contributed by atoms with Crippen molar-refractivity contribution in [2.45, 2.75) is 43.2 Å². The van der Waals surface area contributed by atoms with Gasteiger partial charge in [0, 0.05) is 6.42 Å². The third-order valence-corrected chi connectivity index (χ3v) is 2.47. The minimum Gasteiger partial charge on any atom is -0.390 e. The lowest BCUT2D eigenvalue weighted by Gasteiger charge is -2.44. The normalized spacial score (nSPS) is 50.5. The van der Waals surface area contributed by atoms with Crippen LogP contribution >= 0.6 is 0 Å². The lowest BCUT2D eigenvalue weighted by molar-refractivity contribution is -0.269. The molecule has 0 saturated heterocycles. The van der Waals surface area contributed by atoms with E-state index in [1.807, 2.05) is 0 Å². The first-order chi connectivity index (χ1) is 5.69. The van der Waals surface area contributed by atoms with Gasteiger partial charge in [0.05, 0.1) is 6.10 Å². The average molecular weight is 198 g/mol. The summed E-state index contributed by atoms with van der Waals surface area (Å²) in [5, 5.41) is 36.3. The fourth-order valence-electron chi connectivity index (χ4n) is 1.33. The van der Waals surface area contributed by atoms with Gasteiger partial charge in [0.1, 0.15) is 17.8 Å². The standard InChI is InChI=1S/C7H12F2O4/c1-6(13)3(10)2-7(8,9)5(12)4(6)11/h3-5,10-13H,2H2,1H3/t3-,4-,5+,6-/m1/s1. The largest absolute Gasteiger partial charge is 0.390 e. The first-order valence-electron chi connectivity index (χ1n) is 3.84. The van der Waals surface area contributed by atoms with Crippen molar-refractivity contribution in [1.29, 1.82) is 0 Å². The van der Waals surface area contributed by atoms with Gasteiger partial charge >= 0.3 is 0 Å². The van der Waals surface area contributed by atoms with E-state index in [9.17, 15) is 13.9 Å². The second kappa shape index (κ2) is 2.84. The molecule has 4 nitrogen and oxygen atoms in total. The molecule has 6 heteroatoms. The van der Waals surface area contributed by atoms with Crippen molar-refractivity contribution in [3.63, 3.8) is 0 Å².